The normalized spacial score (nSPS) is 12.4. The van der Waals surface area contributed by atoms with Crippen LogP contribution in [0.1, 0.15) is 74.4 Å². The number of thiazole rings is 1. The van der Waals surface area contributed by atoms with Crippen LogP contribution in [0.2, 0.25) is 0 Å². The van der Waals surface area contributed by atoms with Gasteiger partial charge in [0, 0.05) is 30.2 Å². The molecule has 0 bridgehead atoms. The summed E-state index contributed by atoms with van der Waals surface area (Å²) >= 11 is 0.927. The van der Waals surface area contributed by atoms with Crippen LogP contribution in [-0.4, -0.2) is 98.5 Å². The van der Waals surface area contributed by atoms with Crippen molar-refractivity contribution in [3.63, 3.8) is 0 Å². The van der Waals surface area contributed by atoms with Crippen LogP contribution in [0.4, 0.5) is 25.3 Å². The van der Waals surface area contributed by atoms with Gasteiger partial charge in [0.05, 0.1) is 0 Å². The van der Waals surface area contributed by atoms with E-state index in [1.807, 2.05) is 0 Å². The Bertz CT molecular complexity index is 1940. The summed E-state index contributed by atoms with van der Waals surface area (Å²) in [5.41, 5.74) is -1.96. The lowest BCUT2D eigenvalue weighted by Crippen LogP contribution is -2.37. The molecule has 1 atom stereocenters. The van der Waals surface area contributed by atoms with E-state index in [4.69, 9.17) is 28.5 Å². The summed E-state index contributed by atoms with van der Waals surface area (Å²) in [6.45, 7) is 19.1. The van der Waals surface area contributed by atoms with E-state index in [1.165, 1.54) is 11.5 Å². The maximum atomic E-state index is 13.1. The molecule has 4 N–H and O–H groups in total. The largest absolute Gasteiger partial charge is 0.489 e. The number of carbonyl (C=O) groups excluding carboxylic acids is 4. The number of aliphatic carboxylic acids is 1. The summed E-state index contributed by atoms with van der Waals surface area (Å²) in [5.74, 6) is -1.89. The van der Waals surface area contributed by atoms with Crippen LogP contribution in [0, 0.1) is 0 Å². The zero-order valence-corrected chi connectivity index (χ0v) is 34.8. The van der Waals surface area contributed by atoms with Gasteiger partial charge in [-0.15, -0.1) is 11.3 Å². The fourth-order valence-electron chi connectivity index (χ4n) is 4.41. The minimum atomic E-state index is -1.52. The number of amides is 3. The average Bonchev–Trinajstić information content (AvgIpc) is 3.71. The average molecular weight is 830 g/mol. The van der Waals surface area contributed by atoms with Crippen molar-refractivity contribution >= 4 is 58.2 Å². The number of esters is 1. The highest BCUT2D eigenvalue weighted by Crippen LogP contribution is 2.29. The number of nitrogens with zero attached hydrogens (tertiary/aromatic N) is 4. The first-order valence-corrected chi connectivity index (χ1v) is 18.9. The lowest BCUT2D eigenvalue weighted by Gasteiger charge is -2.23. The van der Waals surface area contributed by atoms with E-state index in [9.17, 15) is 29.1 Å². The van der Waals surface area contributed by atoms with Crippen LogP contribution in [0.15, 0.2) is 53.7 Å². The number of aryl methyl sites for hydroxylation is 1. The minimum absolute atomic E-state index is 0.0136. The van der Waals surface area contributed by atoms with Crippen molar-refractivity contribution in [3.8, 4) is 16.9 Å². The van der Waals surface area contributed by atoms with Crippen molar-refractivity contribution in [1.82, 2.24) is 20.1 Å². The number of carboxylic acids is 1. The first kappa shape index (κ1) is 46.2. The number of benzene rings is 1. The summed E-state index contributed by atoms with van der Waals surface area (Å²) < 4.78 is 28.5. The first-order valence-electron chi connectivity index (χ1n) is 18.0. The predicted octanol–water partition coefficient (Wildman–Crippen LogP) is 6.60. The molecule has 20 heteroatoms. The maximum absolute atomic E-state index is 13.1. The van der Waals surface area contributed by atoms with Crippen LogP contribution in [0.25, 0.3) is 11.1 Å². The Morgan fingerprint density at radius 1 is 0.914 bits per heavy atom. The molecule has 0 spiro atoms. The number of ether oxygens (including phenoxy) is 5. The van der Waals surface area contributed by atoms with Crippen molar-refractivity contribution in [2.75, 3.05) is 30.4 Å². The van der Waals surface area contributed by atoms with Crippen molar-refractivity contribution in [2.24, 2.45) is 5.16 Å². The number of rotatable bonds is 17. The molecule has 1 unspecified atom stereocenters. The molecular weight excluding hydrogens is 779 g/mol. The second kappa shape index (κ2) is 20.3. The summed E-state index contributed by atoms with van der Waals surface area (Å²) in [5, 5.41) is 27.2. The van der Waals surface area contributed by atoms with Gasteiger partial charge in [-0.3, -0.25) is 15.3 Å². The van der Waals surface area contributed by atoms with Gasteiger partial charge in [0.1, 0.15) is 41.5 Å². The molecule has 58 heavy (non-hydrogen) atoms. The summed E-state index contributed by atoms with van der Waals surface area (Å²) in [6, 6.07) is 6.58. The van der Waals surface area contributed by atoms with E-state index in [-0.39, 0.29) is 23.3 Å². The summed E-state index contributed by atoms with van der Waals surface area (Å²) in [4.78, 5) is 71.4. The third kappa shape index (κ3) is 16.5. The summed E-state index contributed by atoms with van der Waals surface area (Å²) in [7, 11) is 0. The Morgan fingerprint density at radius 2 is 1.55 bits per heavy atom. The van der Waals surface area contributed by atoms with Gasteiger partial charge in [0.25, 0.3) is 6.10 Å². The van der Waals surface area contributed by atoms with E-state index in [0.29, 0.717) is 36.4 Å². The zero-order valence-electron chi connectivity index (χ0n) is 34.0. The minimum Gasteiger partial charge on any atom is -0.489 e. The molecule has 2 aromatic heterocycles. The monoisotopic (exact) mass is 829 g/mol. The van der Waals surface area contributed by atoms with Crippen molar-refractivity contribution < 1.29 is 57.6 Å². The number of aromatic nitrogens is 3. The SMILES string of the molecule is C=CCOC(=O)Nc1nn(CCCNC(=O)OC(C)(C)C)cc1-c1ccc(OCC(O/N=C(\C(=O)O)c2csc(NC(=O)OC(C)(C)C)n2)C(=O)OC(C)(C)C)cc1. The maximum Gasteiger partial charge on any atom is 0.413 e. The third-order valence-corrected chi connectivity index (χ3v) is 7.37. The molecule has 0 aliphatic heterocycles. The van der Waals surface area contributed by atoms with E-state index < -0.39 is 65.4 Å². The van der Waals surface area contributed by atoms with Gasteiger partial charge in [-0.25, -0.2) is 29.0 Å². The van der Waals surface area contributed by atoms with Crippen LogP contribution in [-0.2, 0) is 39.9 Å². The quantitative estimate of drug-likeness (QED) is 0.0280. The molecule has 3 amide bonds. The Kier molecular flexibility index (Phi) is 16.2. The molecule has 0 aliphatic rings. The Balaban J connectivity index is 1.78. The topological polar surface area (TPSA) is 240 Å². The number of anilines is 2. The van der Waals surface area contributed by atoms with E-state index in [1.54, 1.807) is 97.5 Å². The Labute approximate surface area is 340 Å². The smallest absolute Gasteiger partial charge is 0.413 e. The number of hydrogen-bond donors (Lipinski definition) is 4. The molecule has 19 nitrogen and oxygen atoms in total. The van der Waals surface area contributed by atoms with Crippen molar-refractivity contribution in [1.29, 1.82) is 0 Å². The number of hydrogen-bond acceptors (Lipinski definition) is 15. The first-order chi connectivity index (χ1) is 27.0. The fraction of sp³-hybridized carbons (Fsp3) is 0.474. The summed E-state index contributed by atoms with van der Waals surface area (Å²) in [6.07, 6.45) is 0.0594. The lowest BCUT2D eigenvalue weighted by atomic mass is 10.1. The zero-order chi connectivity index (χ0) is 43.3. The van der Waals surface area contributed by atoms with Gasteiger partial charge >= 0.3 is 30.2 Å². The lowest BCUT2D eigenvalue weighted by molar-refractivity contribution is -0.170. The van der Waals surface area contributed by atoms with Gasteiger partial charge in [-0.05, 0) is 86.4 Å². The Hall–Kier alpha value is -6.18. The van der Waals surface area contributed by atoms with Gasteiger partial charge in [0.2, 0.25) is 5.71 Å². The third-order valence-electron chi connectivity index (χ3n) is 6.61. The van der Waals surface area contributed by atoms with Crippen molar-refractivity contribution in [2.45, 2.75) is 98.2 Å². The molecule has 1 aromatic carbocycles. The molecular formula is C38H51N7O12S. The van der Waals surface area contributed by atoms with Crippen LogP contribution >= 0.6 is 11.3 Å². The van der Waals surface area contributed by atoms with E-state index in [2.05, 4.69) is 37.8 Å². The van der Waals surface area contributed by atoms with Crippen LogP contribution in [0.5, 0.6) is 5.75 Å². The molecule has 0 fully saturated rings. The van der Waals surface area contributed by atoms with E-state index >= 15 is 0 Å². The molecule has 3 aromatic rings. The number of nitrogens with one attached hydrogen (secondary N) is 3. The van der Waals surface area contributed by atoms with Gasteiger partial charge in [-0.2, -0.15) is 5.10 Å². The molecule has 0 aliphatic carbocycles. The van der Waals surface area contributed by atoms with Crippen LogP contribution in [0.3, 0.4) is 0 Å². The van der Waals surface area contributed by atoms with Crippen molar-refractivity contribution in [3.05, 3.63) is 54.2 Å². The predicted molar refractivity (Wildman–Crippen MR) is 214 cm³/mol. The molecule has 0 radical (unpaired) electrons. The Morgan fingerprint density at radius 3 is 2.16 bits per heavy atom. The second-order valence-corrected chi connectivity index (χ2v) is 16.2. The van der Waals surface area contributed by atoms with Gasteiger partial charge in [-0.1, -0.05) is 29.9 Å². The molecule has 2 heterocycles. The molecule has 3 rings (SSSR count). The fourth-order valence-corrected chi connectivity index (χ4v) is 5.09. The molecule has 0 saturated carbocycles. The van der Waals surface area contributed by atoms with Gasteiger partial charge < -0.3 is 38.9 Å². The number of carboxylic acid groups (broad SMARTS) is 1. The highest BCUT2D eigenvalue weighted by molar-refractivity contribution is 7.14. The number of carbonyl (C=O) groups is 5. The highest BCUT2D eigenvalue weighted by Gasteiger charge is 2.30. The number of alkyl carbamates (subject to hydrolysis) is 1. The highest BCUT2D eigenvalue weighted by atomic mass is 32.1. The molecule has 316 valence electrons. The standard InChI is InChI=1S/C38H51N7O12S/c1-11-19-52-34(50)41-29-25(20-45(43-29)18-12-17-39-33(49)55-37(5,6)7)23-13-15-24(16-14-23)53-21-27(31(48)54-36(2,3)4)57-44-28(30(46)47)26-22-58-32(40-26)42-35(51)56-38(8,9)10/h11,13-16,20,22,27H,1,12,17-19,21H2,2-10H3,(H,39,49)(H,46,47)(H,40,42,51)(H,41,43,50)/b44-28-. The molecule has 0 saturated heterocycles. The van der Waals surface area contributed by atoms with Gasteiger partial charge in [0.15, 0.2) is 10.9 Å². The van der Waals surface area contributed by atoms with E-state index in [0.717, 1.165) is 11.3 Å². The number of oxime groups is 1. The second-order valence-electron chi connectivity index (χ2n) is 15.3. The van der Waals surface area contributed by atoms with Crippen LogP contribution < -0.4 is 20.7 Å².